The molecule has 0 bridgehead atoms. The van der Waals surface area contributed by atoms with Crippen molar-refractivity contribution in [3.8, 4) is 28.7 Å². The molecule has 0 radical (unpaired) electrons. The van der Waals surface area contributed by atoms with Crippen LogP contribution in [0.4, 0.5) is 0 Å². The zero-order valence-electron chi connectivity index (χ0n) is 19.0. The third kappa shape index (κ3) is 4.82. The quantitative estimate of drug-likeness (QED) is 0.545. The molecule has 0 saturated carbocycles. The van der Waals surface area contributed by atoms with Crippen LogP contribution in [0.25, 0.3) is 5.57 Å². The average Bonchev–Trinajstić information content (AvgIpc) is 2.86. The number of methoxy groups -OCH3 is 4. The average molecular weight is 440 g/mol. The van der Waals surface area contributed by atoms with Crippen LogP contribution < -0.4 is 23.7 Å². The normalized spacial score (nSPS) is 13.1. The van der Waals surface area contributed by atoms with Crippen molar-refractivity contribution in [3.63, 3.8) is 0 Å². The summed E-state index contributed by atoms with van der Waals surface area (Å²) in [6, 6.07) is 8.86. The van der Waals surface area contributed by atoms with Crippen LogP contribution in [0.15, 0.2) is 49.1 Å². The Morgan fingerprint density at radius 2 is 1.66 bits per heavy atom. The third-order valence-corrected chi connectivity index (χ3v) is 5.30. The van der Waals surface area contributed by atoms with Crippen LogP contribution in [0.1, 0.15) is 22.3 Å². The molecule has 0 aromatic heterocycles. The van der Waals surface area contributed by atoms with E-state index in [1.807, 2.05) is 18.2 Å². The van der Waals surface area contributed by atoms with E-state index in [-0.39, 0.29) is 5.91 Å². The Hall–Kier alpha value is -3.61. The van der Waals surface area contributed by atoms with Crippen molar-refractivity contribution in [2.75, 3.05) is 48.1 Å². The molecule has 0 saturated heterocycles. The Morgan fingerprint density at radius 3 is 2.19 bits per heavy atom. The summed E-state index contributed by atoms with van der Waals surface area (Å²) >= 11 is 0. The second-order valence-electron chi connectivity index (χ2n) is 7.10. The minimum atomic E-state index is -0.0671. The van der Waals surface area contributed by atoms with Crippen molar-refractivity contribution in [2.24, 2.45) is 0 Å². The monoisotopic (exact) mass is 439 g/mol. The lowest BCUT2D eigenvalue weighted by atomic mass is 9.96. The summed E-state index contributed by atoms with van der Waals surface area (Å²) < 4.78 is 27.4. The molecule has 170 valence electrons. The lowest BCUT2D eigenvalue weighted by molar-refractivity contribution is 0.0772. The zero-order chi connectivity index (χ0) is 23.1. The van der Waals surface area contributed by atoms with Gasteiger partial charge in [0.15, 0.2) is 11.5 Å². The first-order valence-corrected chi connectivity index (χ1v) is 10.3. The summed E-state index contributed by atoms with van der Waals surface area (Å²) in [4.78, 5) is 14.9. The molecule has 1 amide bonds. The van der Waals surface area contributed by atoms with Crippen LogP contribution in [-0.4, -0.2) is 58.9 Å². The zero-order valence-corrected chi connectivity index (χ0v) is 19.0. The number of amides is 1. The molecule has 0 atom stereocenters. The van der Waals surface area contributed by atoms with E-state index in [1.165, 1.54) is 0 Å². The Balaban J connectivity index is 1.81. The van der Waals surface area contributed by atoms with Crippen LogP contribution >= 0.6 is 0 Å². The van der Waals surface area contributed by atoms with Gasteiger partial charge in [-0.25, -0.2) is 0 Å². The highest BCUT2D eigenvalue weighted by atomic mass is 16.5. The summed E-state index contributed by atoms with van der Waals surface area (Å²) in [5.41, 5.74) is 2.49. The standard InChI is InChI=1S/C25H29NO6/c1-6-13-32-20-8-7-18(14-21(20)29-3)25(27)26-11-9-17(10-12-26)24-22(30-4)15-19(28-2)16-23(24)31-5/h6-9,14-16H,1,10-13H2,2-5H3. The van der Waals surface area contributed by atoms with E-state index in [1.54, 1.807) is 57.6 Å². The Morgan fingerprint density at radius 1 is 0.969 bits per heavy atom. The molecular formula is C25H29NO6. The fourth-order valence-corrected chi connectivity index (χ4v) is 3.65. The Kier molecular flexibility index (Phi) is 7.65. The maximum atomic E-state index is 13.1. The number of nitrogens with zero attached hydrogens (tertiary/aromatic N) is 1. The predicted octanol–water partition coefficient (Wildman–Crippen LogP) is 4.22. The van der Waals surface area contributed by atoms with Gasteiger partial charge >= 0.3 is 0 Å². The fraction of sp³-hybridized carbons (Fsp3) is 0.320. The SMILES string of the molecule is C=CCOc1ccc(C(=O)N2CC=C(c3c(OC)cc(OC)cc3OC)CC2)cc1OC. The Bertz CT molecular complexity index is 988. The number of hydrogen-bond acceptors (Lipinski definition) is 6. The van der Waals surface area contributed by atoms with Gasteiger partial charge in [0.25, 0.3) is 5.91 Å². The molecule has 2 aromatic rings. The van der Waals surface area contributed by atoms with E-state index in [0.29, 0.717) is 60.4 Å². The first-order valence-electron chi connectivity index (χ1n) is 10.3. The molecule has 0 N–H and O–H groups in total. The van der Waals surface area contributed by atoms with Crippen molar-refractivity contribution < 1.29 is 28.5 Å². The number of carbonyl (C=O) groups is 1. The van der Waals surface area contributed by atoms with Crippen molar-refractivity contribution in [1.29, 1.82) is 0 Å². The van der Waals surface area contributed by atoms with Gasteiger partial charge in [-0.05, 0) is 30.2 Å². The van der Waals surface area contributed by atoms with Gasteiger partial charge in [-0.2, -0.15) is 0 Å². The van der Waals surface area contributed by atoms with Gasteiger partial charge in [-0.3, -0.25) is 4.79 Å². The van der Waals surface area contributed by atoms with E-state index in [4.69, 9.17) is 23.7 Å². The maximum Gasteiger partial charge on any atom is 0.254 e. The number of carbonyl (C=O) groups excluding carboxylic acids is 1. The van der Waals surface area contributed by atoms with E-state index < -0.39 is 0 Å². The largest absolute Gasteiger partial charge is 0.496 e. The number of rotatable bonds is 9. The molecule has 32 heavy (non-hydrogen) atoms. The van der Waals surface area contributed by atoms with E-state index in [0.717, 1.165) is 11.1 Å². The van der Waals surface area contributed by atoms with Crippen LogP contribution in [0.3, 0.4) is 0 Å². The smallest absolute Gasteiger partial charge is 0.254 e. The summed E-state index contributed by atoms with van der Waals surface area (Å²) in [5, 5.41) is 0. The van der Waals surface area contributed by atoms with E-state index in [9.17, 15) is 4.79 Å². The van der Waals surface area contributed by atoms with Gasteiger partial charge < -0.3 is 28.6 Å². The molecule has 0 aliphatic carbocycles. The molecule has 0 unspecified atom stereocenters. The number of hydrogen-bond donors (Lipinski definition) is 0. The lowest BCUT2D eigenvalue weighted by Crippen LogP contribution is -2.34. The molecule has 1 heterocycles. The summed E-state index contributed by atoms with van der Waals surface area (Å²) in [6.07, 6.45) is 4.36. The molecule has 3 rings (SSSR count). The molecule has 2 aromatic carbocycles. The van der Waals surface area contributed by atoms with Gasteiger partial charge in [0, 0.05) is 30.8 Å². The number of ether oxygens (including phenoxy) is 5. The summed E-state index contributed by atoms with van der Waals surface area (Å²) in [7, 11) is 6.39. The topological polar surface area (TPSA) is 66.5 Å². The number of benzene rings is 2. The summed E-state index contributed by atoms with van der Waals surface area (Å²) in [5.74, 6) is 3.02. The summed E-state index contributed by atoms with van der Waals surface area (Å²) in [6.45, 7) is 5.05. The molecule has 7 heteroatoms. The minimum Gasteiger partial charge on any atom is -0.496 e. The van der Waals surface area contributed by atoms with E-state index >= 15 is 0 Å². The maximum absolute atomic E-state index is 13.1. The molecular weight excluding hydrogens is 410 g/mol. The minimum absolute atomic E-state index is 0.0671. The second kappa shape index (κ2) is 10.6. The molecule has 0 fully saturated rings. The van der Waals surface area contributed by atoms with Gasteiger partial charge in [0.2, 0.25) is 0 Å². The van der Waals surface area contributed by atoms with Gasteiger partial charge in [-0.1, -0.05) is 18.7 Å². The third-order valence-electron chi connectivity index (χ3n) is 5.30. The highest BCUT2D eigenvalue weighted by Gasteiger charge is 2.24. The first kappa shape index (κ1) is 23.1. The Labute approximate surface area is 188 Å². The van der Waals surface area contributed by atoms with Gasteiger partial charge in [0.1, 0.15) is 23.9 Å². The van der Waals surface area contributed by atoms with Crippen molar-refractivity contribution in [2.45, 2.75) is 6.42 Å². The van der Waals surface area contributed by atoms with E-state index in [2.05, 4.69) is 6.58 Å². The lowest BCUT2D eigenvalue weighted by Gasteiger charge is -2.28. The fourth-order valence-electron chi connectivity index (χ4n) is 3.65. The first-order chi connectivity index (χ1) is 15.6. The van der Waals surface area contributed by atoms with Crippen LogP contribution in [0.5, 0.6) is 28.7 Å². The van der Waals surface area contributed by atoms with Crippen molar-refractivity contribution in [1.82, 2.24) is 4.90 Å². The highest BCUT2D eigenvalue weighted by molar-refractivity contribution is 5.95. The van der Waals surface area contributed by atoms with Gasteiger partial charge in [0.05, 0.1) is 34.0 Å². The van der Waals surface area contributed by atoms with Crippen LogP contribution in [-0.2, 0) is 0 Å². The van der Waals surface area contributed by atoms with Crippen LogP contribution in [0.2, 0.25) is 0 Å². The van der Waals surface area contributed by atoms with Gasteiger partial charge in [-0.15, -0.1) is 0 Å². The second-order valence-corrected chi connectivity index (χ2v) is 7.10. The van der Waals surface area contributed by atoms with Crippen molar-refractivity contribution in [3.05, 3.63) is 60.2 Å². The molecule has 1 aliphatic rings. The molecule has 1 aliphatic heterocycles. The molecule has 0 spiro atoms. The van der Waals surface area contributed by atoms with Crippen molar-refractivity contribution >= 4 is 11.5 Å². The van der Waals surface area contributed by atoms with Crippen LogP contribution in [0, 0.1) is 0 Å². The predicted molar refractivity (Wildman–Crippen MR) is 123 cm³/mol. The molecule has 7 nitrogen and oxygen atoms in total. The highest BCUT2D eigenvalue weighted by Crippen LogP contribution is 2.41.